The van der Waals surface area contributed by atoms with Crippen LogP contribution in [0.2, 0.25) is 0 Å². The molecule has 3 rings (SSSR count). The average molecular weight is 367 g/mol. The molecule has 27 heavy (non-hydrogen) atoms. The van der Waals surface area contributed by atoms with E-state index in [9.17, 15) is 14.0 Å². The number of rotatable bonds is 4. The number of ether oxygens (including phenoxy) is 1. The first kappa shape index (κ1) is 18.3. The Labute approximate surface area is 155 Å². The maximum atomic E-state index is 13.1. The van der Waals surface area contributed by atoms with Crippen LogP contribution in [-0.4, -0.2) is 28.8 Å². The number of aromatic nitrogens is 2. The van der Waals surface area contributed by atoms with Crippen molar-refractivity contribution in [1.29, 1.82) is 0 Å². The number of anilines is 1. The third-order valence-electron chi connectivity index (χ3n) is 4.15. The van der Waals surface area contributed by atoms with Crippen molar-refractivity contribution >= 4 is 17.6 Å². The molecule has 6 nitrogen and oxygen atoms in total. The number of hydrogen-bond acceptors (Lipinski definition) is 4. The summed E-state index contributed by atoms with van der Waals surface area (Å²) in [5.74, 6) is -1.10. The predicted molar refractivity (Wildman–Crippen MR) is 98.7 cm³/mol. The van der Waals surface area contributed by atoms with Gasteiger partial charge < -0.3 is 10.1 Å². The van der Waals surface area contributed by atoms with Crippen molar-refractivity contribution in [3.8, 4) is 5.69 Å². The lowest BCUT2D eigenvalue weighted by Crippen LogP contribution is -2.14. The quantitative estimate of drug-likeness (QED) is 0.714. The highest BCUT2D eigenvalue weighted by Gasteiger charge is 2.19. The lowest BCUT2D eigenvalue weighted by atomic mass is 10.1. The first-order valence-corrected chi connectivity index (χ1v) is 8.22. The number of carbonyl (C=O) groups excluding carboxylic acids is 2. The van der Waals surface area contributed by atoms with Gasteiger partial charge in [0, 0.05) is 5.69 Å². The van der Waals surface area contributed by atoms with Crippen LogP contribution < -0.4 is 5.32 Å². The third-order valence-corrected chi connectivity index (χ3v) is 4.15. The Balaban J connectivity index is 1.85. The number of amides is 1. The molecule has 0 aliphatic carbocycles. The fraction of sp³-hybridized carbons (Fsp3) is 0.150. The van der Waals surface area contributed by atoms with Gasteiger partial charge in [0.15, 0.2) is 0 Å². The number of esters is 1. The molecule has 0 saturated heterocycles. The van der Waals surface area contributed by atoms with E-state index in [4.69, 9.17) is 0 Å². The van der Waals surface area contributed by atoms with E-state index in [0.29, 0.717) is 33.9 Å². The van der Waals surface area contributed by atoms with Gasteiger partial charge in [-0.2, -0.15) is 5.10 Å². The van der Waals surface area contributed by atoms with Gasteiger partial charge in [0.1, 0.15) is 5.82 Å². The topological polar surface area (TPSA) is 73.2 Å². The summed E-state index contributed by atoms with van der Waals surface area (Å²) < 4.78 is 19.4. The molecule has 0 aliphatic heterocycles. The molecule has 7 heteroatoms. The van der Waals surface area contributed by atoms with E-state index in [1.54, 1.807) is 54.9 Å². The summed E-state index contributed by atoms with van der Waals surface area (Å²) in [7, 11) is 1.31. The van der Waals surface area contributed by atoms with E-state index in [1.807, 2.05) is 0 Å². The Morgan fingerprint density at radius 2 is 1.67 bits per heavy atom. The molecule has 0 saturated carbocycles. The Morgan fingerprint density at radius 3 is 2.26 bits per heavy atom. The van der Waals surface area contributed by atoms with Crippen LogP contribution in [0.5, 0.6) is 0 Å². The molecule has 0 bridgehead atoms. The van der Waals surface area contributed by atoms with Crippen molar-refractivity contribution in [3.05, 3.63) is 76.9 Å². The number of aryl methyl sites for hydroxylation is 1. The molecule has 0 unspecified atom stereocenters. The van der Waals surface area contributed by atoms with Crippen LogP contribution in [0.25, 0.3) is 5.69 Å². The van der Waals surface area contributed by atoms with Crippen LogP contribution in [0.3, 0.4) is 0 Å². The molecule has 138 valence electrons. The molecule has 0 aliphatic rings. The summed E-state index contributed by atoms with van der Waals surface area (Å²) in [5, 5.41) is 7.19. The van der Waals surface area contributed by atoms with E-state index in [2.05, 4.69) is 15.2 Å². The number of nitrogens with zero attached hydrogens (tertiary/aromatic N) is 2. The fourth-order valence-electron chi connectivity index (χ4n) is 2.81. The Hall–Kier alpha value is -3.48. The van der Waals surface area contributed by atoms with Crippen molar-refractivity contribution in [2.45, 2.75) is 13.8 Å². The lowest BCUT2D eigenvalue weighted by Gasteiger charge is -2.07. The van der Waals surface area contributed by atoms with Gasteiger partial charge in [0.2, 0.25) is 0 Å². The highest BCUT2D eigenvalue weighted by molar-refractivity contribution is 6.06. The molecule has 2 aromatic carbocycles. The van der Waals surface area contributed by atoms with E-state index in [1.165, 1.54) is 19.2 Å². The van der Waals surface area contributed by atoms with Gasteiger partial charge in [-0.05, 0) is 62.4 Å². The van der Waals surface area contributed by atoms with Gasteiger partial charge in [0.25, 0.3) is 5.91 Å². The van der Waals surface area contributed by atoms with Gasteiger partial charge in [-0.15, -0.1) is 0 Å². The fourth-order valence-corrected chi connectivity index (χ4v) is 2.81. The largest absolute Gasteiger partial charge is 0.465 e. The van der Waals surface area contributed by atoms with Crippen molar-refractivity contribution in [2.75, 3.05) is 12.4 Å². The minimum Gasteiger partial charge on any atom is -0.465 e. The van der Waals surface area contributed by atoms with Gasteiger partial charge >= 0.3 is 5.97 Å². The van der Waals surface area contributed by atoms with Crippen LogP contribution in [0.4, 0.5) is 10.1 Å². The number of benzene rings is 2. The molecular formula is C20H18FN3O3. The number of methoxy groups -OCH3 is 1. The molecule has 3 aromatic rings. The second kappa shape index (κ2) is 7.41. The number of hydrogen-bond donors (Lipinski definition) is 1. The first-order valence-electron chi connectivity index (χ1n) is 8.22. The standard InChI is InChI=1S/C20H18FN3O3/c1-12-18(13(2)24(23-12)17-10-6-15(21)7-11-17)19(25)22-16-8-4-14(5-9-16)20(26)27-3/h4-11H,1-3H3,(H,22,25). The maximum absolute atomic E-state index is 13.1. The van der Waals surface area contributed by atoms with Crippen LogP contribution >= 0.6 is 0 Å². The average Bonchev–Trinajstić information content (AvgIpc) is 2.96. The molecule has 1 aromatic heterocycles. The van der Waals surface area contributed by atoms with Crippen LogP contribution in [0.15, 0.2) is 48.5 Å². The lowest BCUT2D eigenvalue weighted by molar-refractivity contribution is 0.0600. The molecule has 1 N–H and O–H groups in total. The summed E-state index contributed by atoms with van der Waals surface area (Å²) in [6.45, 7) is 3.51. The minimum atomic E-state index is -0.444. The summed E-state index contributed by atoms with van der Waals surface area (Å²) in [4.78, 5) is 24.2. The zero-order chi connectivity index (χ0) is 19.6. The third kappa shape index (κ3) is 3.72. The predicted octanol–water partition coefficient (Wildman–Crippen LogP) is 3.67. The van der Waals surface area contributed by atoms with Crippen molar-refractivity contribution in [2.24, 2.45) is 0 Å². The van der Waals surface area contributed by atoms with Gasteiger partial charge in [-0.3, -0.25) is 4.79 Å². The van der Waals surface area contributed by atoms with Crippen molar-refractivity contribution < 1.29 is 18.7 Å². The van der Waals surface area contributed by atoms with Gasteiger partial charge in [-0.1, -0.05) is 0 Å². The van der Waals surface area contributed by atoms with Crippen LogP contribution in [-0.2, 0) is 4.74 Å². The SMILES string of the molecule is COC(=O)c1ccc(NC(=O)c2c(C)nn(-c3ccc(F)cc3)c2C)cc1. The molecule has 1 amide bonds. The molecule has 0 atom stereocenters. The highest BCUT2D eigenvalue weighted by atomic mass is 19.1. The van der Waals surface area contributed by atoms with Crippen LogP contribution in [0.1, 0.15) is 32.1 Å². The second-order valence-electron chi connectivity index (χ2n) is 5.96. The van der Waals surface area contributed by atoms with Gasteiger partial charge in [0.05, 0.1) is 35.3 Å². The zero-order valence-corrected chi connectivity index (χ0v) is 15.1. The monoisotopic (exact) mass is 367 g/mol. The zero-order valence-electron chi connectivity index (χ0n) is 15.1. The second-order valence-corrected chi connectivity index (χ2v) is 5.96. The number of nitrogens with one attached hydrogen (secondary N) is 1. The van der Waals surface area contributed by atoms with Crippen LogP contribution in [0, 0.1) is 19.7 Å². The molecule has 0 spiro atoms. The van der Waals surface area contributed by atoms with Gasteiger partial charge in [-0.25, -0.2) is 13.9 Å². The maximum Gasteiger partial charge on any atom is 0.337 e. The summed E-state index contributed by atoms with van der Waals surface area (Å²) in [6, 6.07) is 12.3. The molecular weight excluding hydrogens is 349 g/mol. The molecule has 0 radical (unpaired) electrons. The number of carbonyl (C=O) groups is 2. The van der Waals surface area contributed by atoms with E-state index in [0.717, 1.165) is 0 Å². The Kier molecular flexibility index (Phi) is 5.03. The van der Waals surface area contributed by atoms with E-state index < -0.39 is 5.97 Å². The van der Waals surface area contributed by atoms with E-state index in [-0.39, 0.29) is 11.7 Å². The summed E-state index contributed by atoms with van der Waals surface area (Å²) >= 11 is 0. The Bertz CT molecular complexity index is 993. The smallest absolute Gasteiger partial charge is 0.337 e. The van der Waals surface area contributed by atoms with Crippen molar-refractivity contribution in [3.63, 3.8) is 0 Å². The van der Waals surface area contributed by atoms with E-state index >= 15 is 0 Å². The normalized spacial score (nSPS) is 10.5. The summed E-state index contributed by atoms with van der Waals surface area (Å²) in [6.07, 6.45) is 0. The minimum absolute atomic E-state index is 0.316. The molecule has 0 fully saturated rings. The van der Waals surface area contributed by atoms with Crippen molar-refractivity contribution in [1.82, 2.24) is 9.78 Å². The molecule has 1 heterocycles. The Morgan fingerprint density at radius 1 is 1.04 bits per heavy atom. The number of halogens is 1. The highest BCUT2D eigenvalue weighted by Crippen LogP contribution is 2.20. The first-order chi connectivity index (χ1) is 12.9. The summed E-state index contributed by atoms with van der Waals surface area (Å²) in [5.41, 5.74) is 3.24.